The van der Waals surface area contributed by atoms with Crippen molar-refractivity contribution < 1.29 is 0 Å². The van der Waals surface area contributed by atoms with Crippen LogP contribution < -0.4 is 0 Å². The van der Waals surface area contributed by atoms with E-state index >= 15 is 0 Å². The van der Waals surface area contributed by atoms with Gasteiger partial charge in [-0.1, -0.05) is 37.6 Å². The van der Waals surface area contributed by atoms with Crippen LogP contribution in [0.1, 0.15) is 26.7 Å². The van der Waals surface area contributed by atoms with Gasteiger partial charge in [-0.2, -0.15) is 0 Å². The molecule has 58 valence electrons. The Kier molecular flexibility index (Phi) is 13.2. The van der Waals surface area contributed by atoms with Gasteiger partial charge in [-0.15, -0.1) is 13.2 Å². The molecule has 0 spiro atoms. The van der Waals surface area contributed by atoms with Crippen molar-refractivity contribution in [2.24, 2.45) is 0 Å². The van der Waals surface area contributed by atoms with Crippen LogP contribution in [0.25, 0.3) is 0 Å². The average molecular weight is 138 g/mol. The molecule has 0 aliphatic heterocycles. The number of allylic oxidation sites excluding steroid dienone is 3. The van der Waals surface area contributed by atoms with Crippen LogP contribution >= 0.6 is 0 Å². The van der Waals surface area contributed by atoms with E-state index in [-0.39, 0.29) is 0 Å². The van der Waals surface area contributed by atoms with Crippen molar-refractivity contribution in [1.82, 2.24) is 0 Å². The van der Waals surface area contributed by atoms with E-state index in [4.69, 9.17) is 0 Å². The highest BCUT2D eigenvalue weighted by Crippen LogP contribution is 2.03. The van der Waals surface area contributed by atoms with Crippen LogP contribution in [-0.2, 0) is 0 Å². The quantitative estimate of drug-likeness (QED) is 0.412. The monoisotopic (exact) mass is 138 g/mol. The van der Waals surface area contributed by atoms with Gasteiger partial charge in [-0.3, -0.25) is 0 Å². The molecular weight excluding hydrogens is 120 g/mol. The highest BCUT2D eigenvalue weighted by Gasteiger charge is 1.83. The summed E-state index contributed by atoms with van der Waals surface area (Å²) in [5.74, 6) is 0. The summed E-state index contributed by atoms with van der Waals surface area (Å²) in [5, 5.41) is 0. The summed E-state index contributed by atoms with van der Waals surface area (Å²) in [6.07, 6.45) is 6.41. The second-order valence-electron chi connectivity index (χ2n) is 1.82. The molecular formula is C10H18. The lowest BCUT2D eigenvalue weighted by Gasteiger charge is -1.93. The van der Waals surface area contributed by atoms with E-state index < -0.39 is 0 Å². The topological polar surface area (TPSA) is 0 Å². The normalized spacial score (nSPS) is 9.60. The van der Waals surface area contributed by atoms with E-state index in [0.717, 1.165) is 0 Å². The SMILES string of the molecule is C=C.C=C/C(=C\C)CCC. The largest absolute Gasteiger partial charge is 0.106 e. The van der Waals surface area contributed by atoms with Crippen molar-refractivity contribution in [2.45, 2.75) is 26.7 Å². The summed E-state index contributed by atoms with van der Waals surface area (Å²) in [4.78, 5) is 0. The van der Waals surface area contributed by atoms with Crippen LogP contribution in [0.2, 0.25) is 0 Å². The van der Waals surface area contributed by atoms with Crippen LogP contribution in [0.4, 0.5) is 0 Å². The van der Waals surface area contributed by atoms with Crippen LogP contribution in [0.3, 0.4) is 0 Å². The lowest BCUT2D eigenvalue weighted by atomic mass is 10.1. The van der Waals surface area contributed by atoms with Gasteiger partial charge in [0.1, 0.15) is 0 Å². The molecule has 10 heavy (non-hydrogen) atoms. The molecule has 0 heterocycles. The molecule has 0 amide bonds. The first kappa shape index (κ1) is 12.0. The molecule has 0 saturated carbocycles. The molecule has 0 aliphatic carbocycles. The minimum Gasteiger partial charge on any atom is -0.106 e. The van der Waals surface area contributed by atoms with Crippen LogP contribution in [0, 0.1) is 0 Å². The van der Waals surface area contributed by atoms with Gasteiger partial charge in [0, 0.05) is 0 Å². The number of rotatable bonds is 3. The second kappa shape index (κ2) is 11.1. The first-order valence-electron chi connectivity index (χ1n) is 3.62. The Balaban J connectivity index is 0. The molecule has 0 rings (SSSR count). The van der Waals surface area contributed by atoms with Crippen LogP contribution in [0.5, 0.6) is 0 Å². The van der Waals surface area contributed by atoms with Gasteiger partial charge in [0.05, 0.1) is 0 Å². The third-order valence-electron chi connectivity index (χ3n) is 1.17. The molecule has 0 fully saturated rings. The molecule has 0 aromatic carbocycles. The fourth-order valence-corrected chi connectivity index (χ4v) is 0.653. The summed E-state index contributed by atoms with van der Waals surface area (Å²) in [6, 6.07) is 0. The standard InChI is InChI=1S/C8H14.C2H4/c1-4-7-8(5-2)6-3;1-2/h5-6H,2,4,7H2,1,3H3;1-2H2/b8-6+;. The minimum absolute atomic E-state index is 1.17. The summed E-state index contributed by atoms with van der Waals surface area (Å²) in [7, 11) is 0. The van der Waals surface area contributed by atoms with Crippen molar-refractivity contribution >= 4 is 0 Å². The van der Waals surface area contributed by atoms with E-state index in [1.54, 1.807) is 0 Å². The zero-order chi connectivity index (χ0) is 8.41. The summed E-state index contributed by atoms with van der Waals surface area (Å²) in [5.41, 5.74) is 1.35. The van der Waals surface area contributed by atoms with E-state index in [9.17, 15) is 0 Å². The van der Waals surface area contributed by atoms with E-state index in [1.165, 1.54) is 18.4 Å². The second-order valence-corrected chi connectivity index (χ2v) is 1.82. The molecule has 0 N–H and O–H groups in total. The first-order valence-corrected chi connectivity index (χ1v) is 3.62. The van der Waals surface area contributed by atoms with Crippen LogP contribution in [-0.4, -0.2) is 0 Å². The van der Waals surface area contributed by atoms with Gasteiger partial charge < -0.3 is 0 Å². The van der Waals surface area contributed by atoms with E-state index in [0.29, 0.717) is 0 Å². The van der Waals surface area contributed by atoms with Gasteiger partial charge in [0.25, 0.3) is 0 Å². The zero-order valence-corrected chi connectivity index (χ0v) is 7.19. The number of hydrogen-bond donors (Lipinski definition) is 0. The number of hydrogen-bond acceptors (Lipinski definition) is 0. The predicted molar refractivity (Wildman–Crippen MR) is 50.1 cm³/mol. The Bertz CT molecular complexity index is 98.6. The van der Waals surface area contributed by atoms with Crippen LogP contribution in [0.15, 0.2) is 37.5 Å². The molecule has 0 unspecified atom stereocenters. The Morgan fingerprint density at radius 3 is 2.00 bits per heavy atom. The average Bonchev–Trinajstić information content (AvgIpc) is 2.04. The Morgan fingerprint density at radius 1 is 1.40 bits per heavy atom. The van der Waals surface area contributed by atoms with Crippen molar-refractivity contribution in [3.8, 4) is 0 Å². The highest BCUT2D eigenvalue weighted by molar-refractivity contribution is 5.14. The smallest absolute Gasteiger partial charge is 0.0285 e. The molecule has 0 aliphatic rings. The lowest BCUT2D eigenvalue weighted by Crippen LogP contribution is -1.73. The molecule has 0 heteroatoms. The third-order valence-corrected chi connectivity index (χ3v) is 1.17. The fraction of sp³-hybridized carbons (Fsp3) is 0.400. The lowest BCUT2D eigenvalue weighted by molar-refractivity contribution is 0.925. The van der Waals surface area contributed by atoms with Gasteiger partial charge >= 0.3 is 0 Å². The summed E-state index contributed by atoms with van der Waals surface area (Å²) in [6.45, 7) is 13.9. The molecule has 0 atom stereocenters. The van der Waals surface area contributed by atoms with E-state index in [1.807, 2.05) is 13.0 Å². The van der Waals surface area contributed by atoms with Gasteiger partial charge in [-0.25, -0.2) is 0 Å². The molecule has 0 nitrogen and oxygen atoms in total. The summed E-state index contributed by atoms with van der Waals surface area (Å²) < 4.78 is 0. The van der Waals surface area contributed by atoms with Crippen molar-refractivity contribution in [2.75, 3.05) is 0 Å². The fourth-order valence-electron chi connectivity index (χ4n) is 0.653. The van der Waals surface area contributed by atoms with E-state index in [2.05, 4.69) is 32.7 Å². The third kappa shape index (κ3) is 7.22. The molecule has 0 bridgehead atoms. The minimum atomic E-state index is 1.17. The molecule has 0 aromatic heterocycles. The Labute approximate surface area is 65.0 Å². The molecule has 0 saturated heterocycles. The van der Waals surface area contributed by atoms with Gasteiger partial charge in [-0.05, 0) is 13.3 Å². The molecule has 0 radical (unpaired) electrons. The maximum Gasteiger partial charge on any atom is -0.0285 e. The Morgan fingerprint density at radius 2 is 1.90 bits per heavy atom. The Hall–Kier alpha value is -0.780. The van der Waals surface area contributed by atoms with Crippen molar-refractivity contribution in [1.29, 1.82) is 0 Å². The first-order chi connectivity index (χ1) is 4.85. The highest BCUT2D eigenvalue weighted by atomic mass is 13.9. The summed E-state index contributed by atoms with van der Waals surface area (Å²) >= 11 is 0. The maximum atomic E-state index is 3.68. The molecule has 0 aromatic rings. The predicted octanol–water partition coefficient (Wildman–Crippen LogP) is 3.72. The zero-order valence-electron chi connectivity index (χ0n) is 7.19. The van der Waals surface area contributed by atoms with Crippen molar-refractivity contribution in [3.63, 3.8) is 0 Å². The van der Waals surface area contributed by atoms with Gasteiger partial charge in [0.2, 0.25) is 0 Å². The van der Waals surface area contributed by atoms with Gasteiger partial charge in [0.15, 0.2) is 0 Å². The maximum absolute atomic E-state index is 3.68. The van der Waals surface area contributed by atoms with Crippen molar-refractivity contribution in [3.05, 3.63) is 37.5 Å².